The average Bonchev–Trinajstić information content (AvgIpc) is 2.74. The van der Waals surface area contributed by atoms with Gasteiger partial charge in [-0.1, -0.05) is 11.6 Å². The number of nitrogens with zero attached hydrogens (tertiary/aromatic N) is 2. The maximum absolute atomic E-state index is 13.1. The van der Waals surface area contributed by atoms with Crippen LogP contribution < -0.4 is 5.32 Å². The fourth-order valence-corrected chi connectivity index (χ4v) is 1.80. The summed E-state index contributed by atoms with van der Waals surface area (Å²) in [4.78, 5) is 0. The minimum absolute atomic E-state index is 0.0497. The second kappa shape index (κ2) is 5.84. The molecule has 96 valence electrons. The first-order valence-electron chi connectivity index (χ1n) is 5.49. The van der Waals surface area contributed by atoms with Crippen molar-refractivity contribution in [1.29, 1.82) is 0 Å². The van der Waals surface area contributed by atoms with Gasteiger partial charge < -0.3 is 10.4 Å². The topological polar surface area (TPSA) is 50.1 Å². The number of hydrogen-bond acceptors (Lipinski definition) is 3. The van der Waals surface area contributed by atoms with Crippen molar-refractivity contribution in [1.82, 2.24) is 9.78 Å². The Morgan fingerprint density at radius 3 is 2.94 bits per heavy atom. The number of aromatic nitrogens is 2. The molecule has 0 fully saturated rings. The second-order valence-electron chi connectivity index (χ2n) is 3.85. The Labute approximate surface area is 109 Å². The highest BCUT2D eigenvalue weighted by molar-refractivity contribution is 6.30. The number of rotatable bonds is 5. The van der Waals surface area contributed by atoms with E-state index in [9.17, 15) is 4.39 Å². The average molecular weight is 270 g/mol. The number of halogens is 2. The molecule has 0 saturated carbocycles. The molecule has 1 aromatic heterocycles. The maximum atomic E-state index is 13.1. The molecule has 2 rings (SSSR count). The lowest BCUT2D eigenvalue weighted by molar-refractivity contribution is 0.269. The van der Waals surface area contributed by atoms with Gasteiger partial charge in [-0.15, -0.1) is 0 Å². The van der Waals surface area contributed by atoms with Crippen molar-refractivity contribution in [3.8, 4) is 0 Å². The van der Waals surface area contributed by atoms with Crippen LogP contribution in [0, 0.1) is 5.82 Å². The van der Waals surface area contributed by atoms with Crippen LogP contribution in [0.2, 0.25) is 5.02 Å². The second-order valence-corrected chi connectivity index (χ2v) is 4.28. The third-order valence-electron chi connectivity index (χ3n) is 2.38. The van der Waals surface area contributed by atoms with Crippen LogP contribution in [0.25, 0.3) is 0 Å². The molecule has 2 aromatic rings. The van der Waals surface area contributed by atoms with Crippen LogP contribution in [0.1, 0.15) is 5.56 Å². The number of nitrogens with one attached hydrogen (secondary N) is 1. The van der Waals surface area contributed by atoms with Crippen molar-refractivity contribution in [2.45, 2.75) is 13.1 Å². The lowest BCUT2D eigenvalue weighted by Crippen LogP contribution is -2.02. The maximum Gasteiger partial charge on any atom is 0.126 e. The van der Waals surface area contributed by atoms with E-state index in [0.717, 1.165) is 5.56 Å². The van der Waals surface area contributed by atoms with Crippen LogP contribution >= 0.6 is 11.6 Å². The summed E-state index contributed by atoms with van der Waals surface area (Å²) in [5.41, 5.74) is 1.57. The van der Waals surface area contributed by atoms with Gasteiger partial charge in [0, 0.05) is 29.0 Å². The molecule has 0 aliphatic heterocycles. The molecule has 0 radical (unpaired) electrons. The van der Waals surface area contributed by atoms with Crippen molar-refractivity contribution in [2.75, 3.05) is 11.9 Å². The van der Waals surface area contributed by atoms with Gasteiger partial charge in [-0.2, -0.15) is 5.10 Å². The quantitative estimate of drug-likeness (QED) is 0.876. The minimum atomic E-state index is -0.374. The van der Waals surface area contributed by atoms with Gasteiger partial charge in [0.15, 0.2) is 0 Å². The van der Waals surface area contributed by atoms with Crippen molar-refractivity contribution in [2.24, 2.45) is 0 Å². The predicted octanol–water partition coefficient (Wildman–Crippen LogP) is 2.28. The minimum Gasteiger partial charge on any atom is -0.394 e. The standard InChI is InChI=1S/C12H13ClFN3O/c13-10-3-11(14)5-12(4-10)15-6-9-7-16-17(8-9)1-2-18/h3-5,7-8,15,18H,1-2,6H2. The van der Waals surface area contributed by atoms with Gasteiger partial charge >= 0.3 is 0 Å². The van der Waals surface area contributed by atoms with Crippen molar-refractivity contribution in [3.05, 3.63) is 47.0 Å². The normalized spacial score (nSPS) is 10.6. The first kappa shape index (κ1) is 12.9. The van der Waals surface area contributed by atoms with Gasteiger partial charge in [0.25, 0.3) is 0 Å². The molecule has 1 heterocycles. The number of hydrogen-bond donors (Lipinski definition) is 2. The molecule has 0 atom stereocenters. The SMILES string of the molecule is OCCn1cc(CNc2cc(F)cc(Cl)c2)cn1. The highest BCUT2D eigenvalue weighted by Gasteiger charge is 2.01. The van der Waals surface area contributed by atoms with Gasteiger partial charge in [0.2, 0.25) is 0 Å². The zero-order valence-corrected chi connectivity index (χ0v) is 10.4. The van der Waals surface area contributed by atoms with Crippen LogP contribution in [-0.2, 0) is 13.1 Å². The molecule has 0 aliphatic rings. The number of aliphatic hydroxyl groups is 1. The Kier molecular flexibility index (Phi) is 4.17. The smallest absolute Gasteiger partial charge is 0.126 e. The van der Waals surface area contributed by atoms with Gasteiger partial charge in [0.05, 0.1) is 19.3 Å². The zero-order chi connectivity index (χ0) is 13.0. The van der Waals surface area contributed by atoms with E-state index in [1.807, 2.05) is 6.20 Å². The molecule has 0 aliphatic carbocycles. The molecule has 0 amide bonds. The third-order valence-corrected chi connectivity index (χ3v) is 2.59. The van der Waals surface area contributed by atoms with Crippen molar-refractivity contribution in [3.63, 3.8) is 0 Å². The van der Waals surface area contributed by atoms with E-state index in [-0.39, 0.29) is 12.4 Å². The molecule has 0 bridgehead atoms. The van der Waals surface area contributed by atoms with Gasteiger partial charge in [-0.05, 0) is 18.2 Å². The Morgan fingerprint density at radius 1 is 1.39 bits per heavy atom. The van der Waals surface area contributed by atoms with E-state index in [0.29, 0.717) is 23.8 Å². The Hall–Kier alpha value is -1.59. The molecular formula is C12H13ClFN3O. The van der Waals surface area contributed by atoms with E-state index in [2.05, 4.69) is 10.4 Å². The Bertz CT molecular complexity index is 510. The van der Waals surface area contributed by atoms with Crippen LogP contribution in [-0.4, -0.2) is 21.5 Å². The predicted molar refractivity (Wildman–Crippen MR) is 68.0 cm³/mol. The number of anilines is 1. The van der Waals surface area contributed by atoms with E-state index in [1.54, 1.807) is 16.9 Å². The molecule has 2 N–H and O–H groups in total. The molecule has 6 heteroatoms. The summed E-state index contributed by atoms with van der Waals surface area (Å²) in [6.45, 7) is 1.03. The Balaban J connectivity index is 1.97. The highest BCUT2D eigenvalue weighted by atomic mass is 35.5. The molecule has 1 aromatic carbocycles. The first-order chi connectivity index (χ1) is 8.67. The fraction of sp³-hybridized carbons (Fsp3) is 0.250. The summed E-state index contributed by atoms with van der Waals surface area (Å²) in [5, 5.41) is 16.2. The summed E-state index contributed by atoms with van der Waals surface area (Å²) in [6.07, 6.45) is 3.52. The van der Waals surface area contributed by atoms with Gasteiger partial charge in [-0.25, -0.2) is 4.39 Å². The lowest BCUT2D eigenvalue weighted by Gasteiger charge is -2.05. The van der Waals surface area contributed by atoms with E-state index < -0.39 is 0 Å². The van der Waals surface area contributed by atoms with Crippen molar-refractivity contribution < 1.29 is 9.50 Å². The van der Waals surface area contributed by atoms with Crippen LogP contribution in [0.3, 0.4) is 0 Å². The summed E-state index contributed by atoms with van der Waals surface area (Å²) in [6, 6.07) is 4.29. The van der Waals surface area contributed by atoms with Crippen LogP contribution in [0.15, 0.2) is 30.6 Å². The summed E-state index contributed by atoms with van der Waals surface area (Å²) < 4.78 is 14.7. The van der Waals surface area contributed by atoms with Crippen LogP contribution in [0.5, 0.6) is 0 Å². The largest absolute Gasteiger partial charge is 0.394 e. The number of benzene rings is 1. The van der Waals surface area contributed by atoms with E-state index >= 15 is 0 Å². The highest BCUT2D eigenvalue weighted by Crippen LogP contribution is 2.18. The molecule has 0 spiro atoms. The van der Waals surface area contributed by atoms with Crippen molar-refractivity contribution >= 4 is 17.3 Å². The fourth-order valence-electron chi connectivity index (χ4n) is 1.58. The molecule has 0 saturated heterocycles. The lowest BCUT2D eigenvalue weighted by atomic mass is 10.3. The molecule has 4 nitrogen and oxygen atoms in total. The zero-order valence-electron chi connectivity index (χ0n) is 9.61. The molecular weight excluding hydrogens is 257 g/mol. The van der Waals surface area contributed by atoms with E-state index in [1.165, 1.54) is 12.1 Å². The van der Waals surface area contributed by atoms with Crippen LogP contribution in [0.4, 0.5) is 10.1 Å². The first-order valence-corrected chi connectivity index (χ1v) is 5.87. The molecule has 0 unspecified atom stereocenters. The van der Waals surface area contributed by atoms with E-state index in [4.69, 9.17) is 16.7 Å². The van der Waals surface area contributed by atoms with Gasteiger partial charge in [0.1, 0.15) is 5.82 Å². The molecule has 18 heavy (non-hydrogen) atoms. The van der Waals surface area contributed by atoms with Gasteiger partial charge in [-0.3, -0.25) is 4.68 Å². The monoisotopic (exact) mass is 269 g/mol. The summed E-state index contributed by atoms with van der Waals surface area (Å²) >= 11 is 5.75. The summed E-state index contributed by atoms with van der Waals surface area (Å²) in [5.74, 6) is -0.374. The Morgan fingerprint density at radius 2 is 2.22 bits per heavy atom. The number of aliphatic hydroxyl groups excluding tert-OH is 1. The third kappa shape index (κ3) is 3.45. The summed E-state index contributed by atoms with van der Waals surface area (Å²) in [7, 11) is 0.